The first-order valence-corrected chi connectivity index (χ1v) is 6.00. The lowest BCUT2D eigenvalue weighted by Gasteiger charge is -2.18. The molecule has 0 aliphatic rings. The second-order valence-corrected chi connectivity index (χ2v) is 5.31. The molecule has 0 saturated heterocycles. The summed E-state index contributed by atoms with van der Waals surface area (Å²) in [6.07, 6.45) is 0.0282. The van der Waals surface area contributed by atoms with Crippen LogP contribution >= 0.6 is 12.4 Å². The van der Waals surface area contributed by atoms with E-state index in [1.807, 2.05) is 0 Å². The molecule has 0 atom stereocenters. The largest absolute Gasteiger partial charge is 0.354 e. The number of carbonyl (C=O) groups excluding carboxylic acids is 1. The Kier molecular flexibility index (Phi) is 6.56. The monoisotopic (exact) mass is 310 g/mol. The van der Waals surface area contributed by atoms with Gasteiger partial charge in [0, 0.05) is 23.3 Å². The van der Waals surface area contributed by atoms with E-state index in [1.165, 1.54) is 6.92 Å². The zero-order valence-corrected chi connectivity index (χ0v) is 12.9. The molecule has 8 heteroatoms. The fourth-order valence-electron chi connectivity index (χ4n) is 1.69. The molecular formula is C12H21ClF2N4O. The maximum absolute atomic E-state index is 12.6. The molecule has 0 spiro atoms. The van der Waals surface area contributed by atoms with Gasteiger partial charge in [0.05, 0.1) is 12.1 Å². The Labute approximate surface area is 123 Å². The average molecular weight is 311 g/mol. The Morgan fingerprint density at radius 1 is 1.45 bits per heavy atom. The topological polar surface area (TPSA) is 72.9 Å². The molecule has 0 bridgehead atoms. The maximum atomic E-state index is 12.6. The number of nitrogens with zero attached hydrogens (tertiary/aromatic N) is 2. The molecule has 20 heavy (non-hydrogen) atoms. The molecule has 1 amide bonds. The molecule has 1 aromatic rings. The van der Waals surface area contributed by atoms with Crippen molar-refractivity contribution >= 4 is 18.3 Å². The average Bonchev–Trinajstić information content (AvgIpc) is 2.53. The van der Waals surface area contributed by atoms with Crippen molar-refractivity contribution in [2.45, 2.75) is 46.2 Å². The second-order valence-electron chi connectivity index (χ2n) is 5.31. The highest BCUT2D eigenvalue weighted by molar-refractivity contribution is 5.85. The van der Waals surface area contributed by atoms with Gasteiger partial charge in [0.25, 0.3) is 0 Å². The fraction of sp³-hybridized carbons (Fsp3) is 0.667. The van der Waals surface area contributed by atoms with Gasteiger partial charge in [-0.15, -0.1) is 12.4 Å². The normalized spacial score (nSPS) is 11.4. The summed E-state index contributed by atoms with van der Waals surface area (Å²) in [7, 11) is 0. The molecule has 3 N–H and O–H groups in total. The number of nitrogens with two attached hydrogens (primary N) is 1. The lowest BCUT2D eigenvalue weighted by atomic mass is 10.1. The van der Waals surface area contributed by atoms with Gasteiger partial charge in [0.15, 0.2) is 0 Å². The van der Waals surface area contributed by atoms with Crippen LogP contribution in [0.1, 0.15) is 37.3 Å². The van der Waals surface area contributed by atoms with Gasteiger partial charge in [-0.05, 0) is 27.7 Å². The summed E-state index contributed by atoms with van der Waals surface area (Å²) in [5.41, 5.74) is 6.54. The van der Waals surface area contributed by atoms with E-state index in [0.29, 0.717) is 28.2 Å². The third kappa shape index (κ3) is 5.05. The highest BCUT2D eigenvalue weighted by atomic mass is 35.5. The van der Waals surface area contributed by atoms with Crippen LogP contribution in [0, 0.1) is 13.8 Å². The van der Waals surface area contributed by atoms with E-state index >= 15 is 0 Å². The fourth-order valence-corrected chi connectivity index (χ4v) is 1.69. The molecule has 0 aliphatic heterocycles. The number of nitrogens with one attached hydrogen (secondary N) is 1. The van der Waals surface area contributed by atoms with Crippen LogP contribution < -0.4 is 11.1 Å². The van der Waals surface area contributed by atoms with Crippen molar-refractivity contribution in [1.29, 1.82) is 0 Å². The van der Waals surface area contributed by atoms with E-state index in [0.717, 1.165) is 0 Å². The van der Waals surface area contributed by atoms with Crippen molar-refractivity contribution in [3.8, 4) is 0 Å². The molecule has 0 saturated carbocycles. The van der Waals surface area contributed by atoms with Crippen LogP contribution in [0.15, 0.2) is 0 Å². The minimum absolute atomic E-state index is 0. The zero-order chi connectivity index (χ0) is 14.8. The highest BCUT2D eigenvalue weighted by Crippen LogP contribution is 2.19. The number of carbonyl (C=O) groups is 1. The van der Waals surface area contributed by atoms with Crippen LogP contribution in [-0.2, 0) is 11.2 Å². The summed E-state index contributed by atoms with van der Waals surface area (Å²) in [4.78, 5) is 11.8. The SMILES string of the molecule is Cc1nn(C(F)F)c(C)c1CC(=O)NCC(C)(C)N.Cl. The summed E-state index contributed by atoms with van der Waals surface area (Å²) >= 11 is 0. The Bertz CT molecular complexity index is 469. The highest BCUT2D eigenvalue weighted by Gasteiger charge is 2.20. The van der Waals surface area contributed by atoms with Crippen LogP contribution in [0.25, 0.3) is 0 Å². The molecule has 0 unspecified atom stereocenters. The van der Waals surface area contributed by atoms with Crippen LogP contribution in [0.4, 0.5) is 8.78 Å². The lowest BCUT2D eigenvalue weighted by Crippen LogP contribution is -2.45. The molecular weight excluding hydrogens is 290 g/mol. The van der Waals surface area contributed by atoms with Crippen LogP contribution in [-0.4, -0.2) is 27.8 Å². The van der Waals surface area contributed by atoms with E-state index in [4.69, 9.17) is 5.73 Å². The number of rotatable bonds is 5. The maximum Gasteiger partial charge on any atom is 0.333 e. The number of hydrogen-bond acceptors (Lipinski definition) is 3. The molecule has 1 heterocycles. The van der Waals surface area contributed by atoms with Gasteiger partial charge in [-0.25, -0.2) is 4.68 Å². The van der Waals surface area contributed by atoms with Crippen molar-refractivity contribution in [1.82, 2.24) is 15.1 Å². The Morgan fingerprint density at radius 2 is 2.00 bits per heavy atom. The smallest absolute Gasteiger partial charge is 0.333 e. The number of aromatic nitrogens is 2. The van der Waals surface area contributed by atoms with Gasteiger partial charge in [-0.2, -0.15) is 13.9 Å². The van der Waals surface area contributed by atoms with Crippen molar-refractivity contribution in [2.75, 3.05) is 6.54 Å². The van der Waals surface area contributed by atoms with E-state index in [2.05, 4.69) is 10.4 Å². The van der Waals surface area contributed by atoms with Gasteiger partial charge in [0.2, 0.25) is 5.91 Å². The summed E-state index contributed by atoms with van der Waals surface area (Å²) in [6.45, 7) is 4.35. The first kappa shape index (κ1) is 18.8. The number of alkyl halides is 2. The third-order valence-corrected chi connectivity index (χ3v) is 2.74. The van der Waals surface area contributed by atoms with Crippen LogP contribution in [0.5, 0.6) is 0 Å². The summed E-state index contributed by atoms with van der Waals surface area (Å²) in [6, 6.07) is 0. The number of aryl methyl sites for hydroxylation is 1. The van der Waals surface area contributed by atoms with Gasteiger partial charge < -0.3 is 11.1 Å². The van der Waals surface area contributed by atoms with E-state index in [9.17, 15) is 13.6 Å². The molecule has 5 nitrogen and oxygen atoms in total. The molecule has 1 aromatic heterocycles. The summed E-state index contributed by atoms with van der Waals surface area (Å²) < 4.78 is 25.9. The van der Waals surface area contributed by atoms with Crippen molar-refractivity contribution in [3.05, 3.63) is 17.0 Å². The minimum Gasteiger partial charge on any atom is -0.354 e. The second kappa shape index (κ2) is 6.99. The van der Waals surface area contributed by atoms with Gasteiger partial charge in [-0.3, -0.25) is 4.79 Å². The van der Waals surface area contributed by atoms with E-state index in [-0.39, 0.29) is 24.7 Å². The molecule has 0 radical (unpaired) electrons. The lowest BCUT2D eigenvalue weighted by molar-refractivity contribution is -0.120. The predicted octanol–water partition coefficient (Wildman–Crippen LogP) is 1.71. The van der Waals surface area contributed by atoms with Gasteiger partial charge >= 0.3 is 6.55 Å². The van der Waals surface area contributed by atoms with Crippen molar-refractivity contribution < 1.29 is 13.6 Å². The van der Waals surface area contributed by atoms with Crippen molar-refractivity contribution in [3.63, 3.8) is 0 Å². The van der Waals surface area contributed by atoms with E-state index < -0.39 is 12.1 Å². The van der Waals surface area contributed by atoms with Crippen LogP contribution in [0.3, 0.4) is 0 Å². The quantitative estimate of drug-likeness (QED) is 0.869. The predicted molar refractivity (Wildman–Crippen MR) is 75.2 cm³/mol. The zero-order valence-electron chi connectivity index (χ0n) is 12.0. The molecule has 0 aliphatic carbocycles. The Balaban J connectivity index is 0.00000361. The standard InChI is InChI=1S/C12H20F2N4O.ClH/c1-7-9(8(2)18(17-7)11(13)14)5-10(19)16-6-12(3,4)15;/h11H,5-6,15H2,1-4H3,(H,16,19);1H. The number of hydrogen-bond donors (Lipinski definition) is 2. The third-order valence-electron chi connectivity index (χ3n) is 2.74. The van der Waals surface area contributed by atoms with Gasteiger partial charge in [-0.1, -0.05) is 0 Å². The van der Waals surface area contributed by atoms with E-state index in [1.54, 1.807) is 20.8 Å². The van der Waals surface area contributed by atoms with Crippen molar-refractivity contribution in [2.24, 2.45) is 5.73 Å². The summed E-state index contributed by atoms with van der Waals surface area (Å²) in [5.74, 6) is -0.251. The molecule has 116 valence electrons. The molecule has 0 aromatic carbocycles. The first-order valence-electron chi connectivity index (χ1n) is 6.00. The Hall–Kier alpha value is -1.21. The van der Waals surface area contributed by atoms with Gasteiger partial charge in [0.1, 0.15) is 0 Å². The summed E-state index contributed by atoms with van der Waals surface area (Å²) in [5, 5.41) is 6.41. The van der Waals surface area contributed by atoms with Crippen LogP contribution in [0.2, 0.25) is 0 Å². The molecule has 0 fully saturated rings. The first-order chi connectivity index (χ1) is 8.61. The number of amides is 1. The Morgan fingerprint density at radius 3 is 2.40 bits per heavy atom. The molecule has 1 rings (SSSR count). The number of halogens is 3. The minimum atomic E-state index is -2.70.